The lowest BCUT2D eigenvalue weighted by molar-refractivity contribution is 0.301. The normalized spacial score (nSPS) is 10.9. The van der Waals surface area contributed by atoms with E-state index in [0.29, 0.717) is 12.4 Å². The molecular weight excluding hydrogens is 321 g/mol. The van der Waals surface area contributed by atoms with Crippen molar-refractivity contribution in [3.05, 3.63) is 78.6 Å². The van der Waals surface area contributed by atoms with Crippen molar-refractivity contribution >= 4 is 5.65 Å². The van der Waals surface area contributed by atoms with Gasteiger partial charge in [0.1, 0.15) is 23.8 Å². The molecule has 124 valence electrons. The van der Waals surface area contributed by atoms with E-state index >= 15 is 0 Å². The lowest BCUT2D eigenvalue weighted by Gasteiger charge is -2.03. The van der Waals surface area contributed by atoms with Crippen LogP contribution in [0.2, 0.25) is 0 Å². The number of benzene rings is 1. The fourth-order valence-electron chi connectivity index (χ4n) is 2.53. The average molecular weight is 335 g/mol. The first kappa shape index (κ1) is 15.1. The first-order chi connectivity index (χ1) is 12.2. The summed E-state index contributed by atoms with van der Waals surface area (Å²) in [5.41, 5.74) is 3.43. The molecule has 1 aromatic carbocycles. The Bertz CT molecular complexity index is 1010. The van der Waals surface area contributed by atoms with Gasteiger partial charge < -0.3 is 14.2 Å². The maximum atomic E-state index is 12.9. The van der Waals surface area contributed by atoms with E-state index in [2.05, 4.69) is 9.97 Å². The number of hydrogen-bond acceptors (Lipinski definition) is 4. The van der Waals surface area contributed by atoms with Gasteiger partial charge in [-0.15, -0.1) is 0 Å². The predicted molar refractivity (Wildman–Crippen MR) is 90.8 cm³/mol. The van der Waals surface area contributed by atoms with Gasteiger partial charge in [0.2, 0.25) is 5.88 Å². The highest BCUT2D eigenvalue weighted by atomic mass is 19.1. The molecule has 0 radical (unpaired) electrons. The van der Waals surface area contributed by atoms with Gasteiger partial charge in [0.25, 0.3) is 0 Å². The van der Waals surface area contributed by atoms with E-state index in [1.807, 2.05) is 28.9 Å². The van der Waals surface area contributed by atoms with Crippen LogP contribution in [0.1, 0.15) is 5.69 Å². The molecule has 0 amide bonds. The molecule has 0 saturated carbocycles. The number of aromatic nitrogens is 3. The molecule has 0 spiro atoms. The molecule has 3 aromatic heterocycles. The summed E-state index contributed by atoms with van der Waals surface area (Å²) in [5, 5.41) is 9.29. The number of imidazole rings is 1. The SMILES string of the molecule is Oc1ccc(-c2ccc3nc(COc4ccc(F)cc4)cn3c2)cn1. The van der Waals surface area contributed by atoms with Crippen LogP contribution in [0.25, 0.3) is 16.8 Å². The van der Waals surface area contributed by atoms with Crippen molar-refractivity contribution in [2.45, 2.75) is 6.61 Å². The Labute approximate surface area is 143 Å². The lowest BCUT2D eigenvalue weighted by atomic mass is 10.1. The van der Waals surface area contributed by atoms with E-state index in [1.54, 1.807) is 30.5 Å². The van der Waals surface area contributed by atoms with Gasteiger partial charge in [-0.3, -0.25) is 0 Å². The van der Waals surface area contributed by atoms with Crippen LogP contribution in [0.4, 0.5) is 4.39 Å². The zero-order valence-corrected chi connectivity index (χ0v) is 13.1. The maximum Gasteiger partial charge on any atom is 0.210 e. The van der Waals surface area contributed by atoms with Crippen molar-refractivity contribution in [3.63, 3.8) is 0 Å². The van der Waals surface area contributed by atoms with Crippen LogP contribution in [0.15, 0.2) is 67.1 Å². The third-order valence-corrected chi connectivity index (χ3v) is 3.78. The van der Waals surface area contributed by atoms with Gasteiger partial charge in [0.15, 0.2) is 0 Å². The van der Waals surface area contributed by atoms with Crippen LogP contribution < -0.4 is 4.74 Å². The molecule has 3 heterocycles. The molecule has 4 rings (SSSR count). The molecule has 0 aliphatic rings. The van der Waals surface area contributed by atoms with E-state index in [4.69, 9.17) is 4.74 Å². The van der Waals surface area contributed by atoms with Crippen molar-refractivity contribution in [1.82, 2.24) is 14.4 Å². The second-order valence-electron chi connectivity index (χ2n) is 5.56. The van der Waals surface area contributed by atoms with Crippen molar-refractivity contribution in [3.8, 4) is 22.8 Å². The molecule has 25 heavy (non-hydrogen) atoms. The Balaban J connectivity index is 1.55. The average Bonchev–Trinajstić information content (AvgIpc) is 3.04. The van der Waals surface area contributed by atoms with Gasteiger partial charge in [-0.2, -0.15) is 0 Å². The van der Waals surface area contributed by atoms with Crippen LogP contribution in [-0.4, -0.2) is 19.5 Å². The monoisotopic (exact) mass is 335 g/mol. The number of aromatic hydroxyl groups is 1. The number of ether oxygens (including phenoxy) is 1. The Morgan fingerprint density at radius 1 is 0.960 bits per heavy atom. The molecule has 5 nitrogen and oxygen atoms in total. The molecule has 4 aromatic rings. The van der Waals surface area contributed by atoms with E-state index in [0.717, 1.165) is 22.5 Å². The molecule has 0 atom stereocenters. The van der Waals surface area contributed by atoms with Gasteiger partial charge in [0.05, 0.1) is 5.69 Å². The molecule has 0 bridgehead atoms. The van der Waals surface area contributed by atoms with E-state index in [-0.39, 0.29) is 11.7 Å². The lowest BCUT2D eigenvalue weighted by Crippen LogP contribution is -1.95. The minimum atomic E-state index is -0.295. The van der Waals surface area contributed by atoms with Crippen molar-refractivity contribution in [2.24, 2.45) is 0 Å². The third-order valence-electron chi connectivity index (χ3n) is 3.78. The van der Waals surface area contributed by atoms with Gasteiger partial charge in [-0.05, 0) is 48.0 Å². The van der Waals surface area contributed by atoms with Gasteiger partial charge in [-0.1, -0.05) is 0 Å². The Kier molecular flexibility index (Phi) is 3.78. The summed E-state index contributed by atoms with van der Waals surface area (Å²) < 4.78 is 20.4. The third kappa shape index (κ3) is 3.28. The van der Waals surface area contributed by atoms with Gasteiger partial charge in [0, 0.05) is 30.2 Å². The minimum absolute atomic E-state index is 0.00677. The number of rotatable bonds is 4. The molecular formula is C19H14FN3O2. The standard InChI is InChI=1S/C19H14FN3O2/c20-15-3-5-17(6-4-15)25-12-16-11-23-10-14(1-7-18(23)22-16)13-2-8-19(24)21-9-13/h1-11H,12H2,(H,21,24). The molecule has 1 N–H and O–H groups in total. The quantitative estimate of drug-likeness (QED) is 0.616. The first-order valence-electron chi connectivity index (χ1n) is 7.69. The fourth-order valence-corrected chi connectivity index (χ4v) is 2.53. The fraction of sp³-hybridized carbons (Fsp3) is 0.0526. The smallest absolute Gasteiger partial charge is 0.210 e. The number of fused-ring (bicyclic) bond motifs is 1. The Morgan fingerprint density at radius 3 is 2.52 bits per heavy atom. The molecule has 0 aliphatic heterocycles. The summed E-state index contributed by atoms with van der Waals surface area (Å²) in [5.74, 6) is 0.290. The second kappa shape index (κ2) is 6.24. The zero-order chi connectivity index (χ0) is 17.2. The van der Waals surface area contributed by atoms with E-state index in [9.17, 15) is 9.50 Å². The summed E-state index contributed by atoms with van der Waals surface area (Å²) in [6.07, 6.45) is 5.44. The second-order valence-corrected chi connectivity index (χ2v) is 5.56. The summed E-state index contributed by atoms with van der Waals surface area (Å²) in [6.45, 7) is 0.295. The van der Waals surface area contributed by atoms with Crippen LogP contribution in [0, 0.1) is 5.82 Å². The predicted octanol–water partition coefficient (Wildman–Crippen LogP) is 3.82. The van der Waals surface area contributed by atoms with Crippen LogP contribution in [0.3, 0.4) is 0 Å². The molecule has 0 saturated heterocycles. The maximum absolute atomic E-state index is 12.9. The Morgan fingerprint density at radius 2 is 1.76 bits per heavy atom. The number of nitrogens with zero attached hydrogens (tertiary/aromatic N) is 3. The Hall–Kier alpha value is -3.41. The summed E-state index contributed by atoms with van der Waals surface area (Å²) in [6, 6.07) is 13.1. The summed E-state index contributed by atoms with van der Waals surface area (Å²) >= 11 is 0. The van der Waals surface area contributed by atoms with E-state index < -0.39 is 0 Å². The van der Waals surface area contributed by atoms with Gasteiger partial charge in [-0.25, -0.2) is 14.4 Å². The topological polar surface area (TPSA) is 59.7 Å². The largest absolute Gasteiger partial charge is 0.493 e. The van der Waals surface area contributed by atoms with Crippen LogP contribution in [0.5, 0.6) is 11.6 Å². The highest BCUT2D eigenvalue weighted by Gasteiger charge is 2.05. The van der Waals surface area contributed by atoms with Gasteiger partial charge >= 0.3 is 0 Å². The molecule has 0 aliphatic carbocycles. The molecule has 0 fully saturated rings. The van der Waals surface area contributed by atoms with E-state index in [1.165, 1.54) is 12.1 Å². The number of hydrogen-bond donors (Lipinski definition) is 1. The van der Waals surface area contributed by atoms with Crippen LogP contribution >= 0.6 is 0 Å². The number of pyridine rings is 2. The summed E-state index contributed by atoms with van der Waals surface area (Å²) in [4.78, 5) is 8.40. The first-order valence-corrected chi connectivity index (χ1v) is 7.69. The molecule has 0 unspecified atom stereocenters. The number of halogens is 1. The van der Waals surface area contributed by atoms with Crippen molar-refractivity contribution in [1.29, 1.82) is 0 Å². The highest BCUT2D eigenvalue weighted by Crippen LogP contribution is 2.21. The highest BCUT2D eigenvalue weighted by molar-refractivity contribution is 5.64. The van der Waals surface area contributed by atoms with Crippen molar-refractivity contribution < 1.29 is 14.2 Å². The van der Waals surface area contributed by atoms with Crippen molar-refractivity contribution in [2.75, 3.05) is 0 Å². The molecule has 6 heteroatoms. The zero-order valence-electron chi connectivity index (χ0n) is 13.1. The van der Waals surface area contributed by atoms with Crippen LogP contribution in [-0.2, 0) is 6.61 Å². The minimum Gasteiger partial charge on any atom is -0.493 e. The summed E-state index contributed by atoms with van der Waals surface area (Å²) in [7, 11) is 0.